The number of aromatic nitrogens is 1. The molecule has 2 aromatic carbocycles. The summed E-state index contributed by atoms with van der Waals surface area (Å²) in [6.07, 6.45) is 0. The van der Waals surface area contributed by atoms with Crippen LogP contribution < -0.4 is 14.8 Å². The highest BCUT2D eigenvalue weighted by Crippen LogP contribution is 2.29. The van der Waals surface area contributed by atoms with Gasteiger partial charge in [0.15, 0.2) is 11.5 Å². The average Bonchev–Trinajstić information content (AvgIpc) is 2.65. The Hall–Kier alpha value is -2.93. The van der Waals surface area contributed by atoms with Crippen molar-refractivity contribution in [3.05, 3.63) is 64.3 Å². The lowest BCUT2D eigenvalue weighted by atomic mass is 10.1. The lowest BCUT2D eigenvalue weighted by molar-refractivity contribution is -0.0512. The van der Waals surface area contributed by atoms with Crippen LogP contribution in [0.1, 0.15) is 21.6 Å². The molecule has 3 rings (SSSR count). The summed E-state index contributed by atoms with van der Waals surface area (Å²) in [5, 5.41) is 4.06. The molecule has 0 aliphatic carbocycles. The molecule has 0 bridgehead atoms. The summed E-state index contributed by atoms with van der Waals surface area (Å²) in [5.41, 5.74) is 2.30. The van der Waals surface area contributed by atoms with Gasteiger partial charge in [-0.25, -0.2) is 0 Å². The van der Waals surface area contributed by atoms with Crippen molar-refractivity contribution in [2.24, 2.45) is 0 Å². The number of benzene rings is 2. The lowest BCUT2D eigenvalue weighted by Crippen LogP contribution is -2.24. The number of alkyl halides is 2. The number of nitrogens with one attached hydrogen (secondary N) is 1. The second kappa shape index (κ2) is 8.39. The van der Waals surface area contributed by atoms with Crippen LogP contribution >= 0.6 is 11.6 Å². The number of ether oxygens (including phenoxy) is 2. The molecule has 0 saturated heterocycles. The van der Waals surface area contributed by atoms with Crippen molar-refractivity contribution in [2.45, 2.75) is 20.1 Å². The highest BCUT2D eigenvalue weighted by Gasteiger charge is 2.14. The fourth-order valence-corrected chi connectivity index (χ4v) is 2.95. The summed E-state index contributed by atoms with van der Waals surface area (Å²) in [5.74, 6) is -0.247. The number of carbonyl (C=O) groups excluding carboxylic acids is 1. The Bertz CT molecular complexity index is 1030. The van der Waals surface area contributed by atoms with E-state index in [2.05, 4.69) is 15.0 Å². The van der Waals surface area contributed by atoms with Gasteiger partial charge in [0.05, 0.1) is 23.9 Å². The number of pyridine rings is 1. The van der Waals surface area contributed by atoms with Crippen LogP contribution in [-0.4, -0.2) is 24.6 Å². The van der Waals surface area contributed by atoms with Gasteiger partial charge in [0.25, 0.3) is 5.91 Å². The molecule has 5 nitrogen and oxygen atoms in total. The maximum absolute atomic E-state index is 12.6. The zero-order valence-corrected chi connectivity index (χ0v) is 15.9. The van der Waals surface area contributed by atoms with Gasteiger partial charge in [-0.05, 0) is 48.9 Å². The van der Waals surface area contributed by atoms with Crippen LogP contribution in [0.4, 0.5) is 8.78 Å². The van der Waals surface area contributed by atoms with E-state index in [0.29, 0.717) is 21.8 Å². The number of amides is 1. The molecule has 1 N–H and O–H groups in total. The van der Waals surface area contributed by atoms with Crippen molar-refractivity contribution < 1.29 is 23.0 Å². The van der Waals surface area contributed by atoms with Gasteiger partial charge in [0.2, 0.25) is 0 Å². The normalized spacial score (nSPS) is 10.9. The first-order valence-electron chi connectivity index (χ1n) is 8.34. The molecule has 146 valence electrons. The lowest BCUT2D eigenvalue weighted by Gasteiger charge is -2.13. The fourth-order valence-electron chi connectivity index (χ4n) is 2.77. The quantitative estimate of drug-likeness (QED) is 0.642. The molecule has 28 heavy (non-hydrogen) atoms. The Morgan fingerprint density at radius 3 is 2.68 bits per heavy atom. The number of carbonyl (C=O) groups is 1. The van der Waals surface area contributed by atoms with E-state index in [1.54, 1.807) is 37.3 Å². The second-order valence-electron chi connectivity index (χ2n) is 6.00. The number of methoxy groups -OCH3 is 1. The Morgan fingerprint density at radius 2 is 1.96 bits per heavy atom. The number of nitrogens with zero attached hydrogens (tertiary/aromatic N) is 1. The first kappa shape index (κ1) is 19.8. The second-order valence-corrected chi connectivity index (χ2v) is 6.44. The highest BCUT2D eigenvalue weighted by molar-refractivity contribution is 6.31. The molecular weight excluding hydrogens is 390 g/mol. The molecule has 1 amide bonds. The number of fused-ring (bicyclic) bond motifs is 1. The maximum Gasteiger partial charge on any atom is 0.387 e. The van der Waals surface area contributed by atoms with E-state index >= 15 is 0 Å². The molecule has 1 heterocycles. The van der Waals surface area contributed by atoms with Gasteiger partial charge in [-0.1, -0.05) is 17.7 Å². The Morgan fingerprint density at radius 1 is 1.18 bits per heavy atom. The van der Waals surface area contributed by atoms with Crippen LogP contribution in [0.2, 0.25) is 5.02 Å². The smallest absolute Gasteiger partial charge is 0.387 e. The van der Waals surface area contributed by atoms with E-state index in [1.165, 1.54) is 19.2 Å². The molecule has 3 aromatic rings. The van der Waals surface area contributed by atoms with Crippen LogP contribution in [0.5, 0.6) is 11.5 Å². The van der Waals surface area contributed by atoms with Crippen LogP contribution in [0.25, 0.3) is 10.9 Å². The molecule has 0 fully saturated rings. The predicted molar refractivity (Wildman–Crippen MR) is 102 cm³/mol. The third-order valence-corrected chi connectivity index (χ3v) is 4.34. The summed E-state index contributed by atoms with van der Waals surface area (Å²) >= 11 is 6.00. The maximum atomic E-state index is 12.6. The van der Waals surface area contributed by atoms with E-state index in [1.807, 2.05) is 0 Å². The number of rotatable bonds is 6. The summed E-state index contributed by atoms with van der Waals surface area (Å²) in [7, 11) is 1.36. The first-order valence-corrected chi connectivity index (χ1v) is 8.72. The molecule has 8 heteroatoms. The van der Waals surface area contributed by atoms with Gasteiger partial charge < -0.3 is 14.8 Å². The van der Waals surface area contributed by atoms with Crippen molar-refractivity contribution in [1.82, 2.24) is 10.3 Å². The minimum absolute atomic E-state index is 0.0950. The topological polar surface area (TPSA) is 60.5 Å². The van der Waals surface area contributed by atoms with E-state index in [9.17, 15) is 13.6 Å². The molecule has 1 aromatic heterocycles. The monoisotopic (exact) mass is 406 g/mol. The zero-order valence-electron chi connectivity index (χ0n) is 15.1. The third kappa shape index (κ3) is 4.48. The van der Waals surface area contributed by atoms with E-state index in [4.69, 9.17) is 16.3 Å². The van der Waals surface area contributed by atoms with Gasteiger partial charge in [0, 0.05) is 17.0 Å². The largest absolute Gasteiger partial charge is 0.493 e. The Kier molecular flexibility index (Phi) is 5.94. The molecule has 0 atom stereocenters. The summed E-state index contributed by atoms with van der Waals surface area (Å²) in [4.78, 5) is 17.0. The minimum atomic E-state index is -2.98. The zero-order chi connectivity index (χ0) is 20.3. The molecule has 0 aliphatic rings. The van der Waals surface area contributed by atoms with Gasteiger partial charge >= 0.3 is 6.61 Å². The number of halogens is 3. The van der Waals surface area contributed by atoms with E-state index in [-0.39, 0.29) is 24.0 Å². The summed E-state index contributed by atoms with van der Waals surface area (Å²) in [6.45, 7) is -1.11. The standard InChI is InChI=1S/C20H17ClF2N2O3/c1-11-15(9-13-8-14(21)4-5-16(13)25-11)19(26)24-10-12-3-6-17(27-2)18(7-12)28-20(22)23/h3-9,20H,10H2,1-2H3,(H,24,26). The molecule has 0 radical (unpaired) electrons. The Balaban J connectivity index is 1.78. The van der Waals surface area contributed by atoms with Crippen molar-refractivity contribution in [3.8, 4) is 11.5 Å². The number of hydrogen-bond donors (Lipinski definition) is 1. The van der Waals surface area contributed by atoms with Gasteiger partial charge in [-0.2, -0.15) is 8.78 Å². The highest BCUT2D eigenvalue weighted by atomic mass is 35.5. The first-order chi connectivity index (χ1) is 13.4. The summed E-state index contributed by atoms with van der Waals surface area (Å²) < 4.78 is 34.5. The SMILES string of the molecule is COc1ccc(CNC(=O)c2cc3cc(Cl)ccc3nc2C)cc1OC(F)F. The average molecular weight is 407 g/mol. The van der Waals surface area contributed by atoms with Crippen LogP contribution in [0, 0.1) is 6.92 Å². The van der Waals surface area contributed by atoms with Crippen molar-refractivity contribution in [3.63, 3.8) is 0 Å². The predicted octanol–water partition coefficient (Wildman–Crippen LogP) is 4.74. The molecule has 0 spiro atoms. The van der Waals surface area contributed by atoms with Crippen molar-refractivity contribution in [1.29, 1.82) is 0 Å². The van der Waals surface area contributed by atoms with E-state index < -0.39 is 6.61 Å². The molecule has 0 aliphatic heterocycles. The Labute approximate surface area is 165 Å². The van der Waals surface area contributed by atoms with Gasteiger partial charge in [-0.15, -0.1) is 0 Å². The van der Waals surface area contributed by atoms with Crippen LogP contribution in [-0.2, 0) is 6.54 Å². The molecule has 0 saturated carbocycles. The van der Waals surface area contributed by atoms with Crippen LogP contribution in [0.15, 0.2) is 42.5 Å². The van der Waals surface area contributed by atoms with E-state index in [0.717, 1.165) is 10.9 Å². The number of hydrogen-bond acceptors (Lipinski definition) is 4. The minimum Gasteiger partial charge on any atom is -0.493 e. The van der Waals surface area contributed by atoms with Crippen molar-refractivity contribution >= 4 is 28.4 Å². The third-order valence-electron chi connectivity index (χ3n) is 4.11. The molecular formula is C20H17ClF2N2O3. The molecule has 0 unspecified atom stereocenters. The van der Waals surface area contributed by atoms with Gasteiger partial charge in [0.1, 0.15) is 0 Å². The summed E-state index contributed by atoms with van der Waals surface area (Å²) in [6, 6.07) is 11.5. The van der Waals surface area contributed by atoms with Crippen molar-refractivity contribution in [2.75, 3.05) is 7.11 Å². The van der Waals surface area contributed by atoms with Gasteiger partial charge in [-0.3, -0.25) is 9.78 Å². The van der Waals surface area contributed by atoms with Crippen LogP contribution in [0.3, 0.4) is 0 Å². The fraction of sp³-hybridized carbons (Fsp3) is 0.200. The number of aryl methyl sites for hydroxylation is 1.